The Bertz CT molecular complexity index is 1750. The number of ether oxygens (including phenoxy) is 1. The molecule has 0 aliphatic carbocycles. The Hall–Kier alpha value is -3.97. The molecular weight excluding hydrogens is 575 g/mol. The summed E-state index contributed by atoms with van der Waals surface area (Å²) in [7, 11) is 0.240. The molecule has 1 aromatic heterocycles. The van der Waals surface area contributed by atoms with Gasteiger partial charge in [0.05, 0.1) is 10.7 Å². The molecule has 0 radical (unpaired) electrons. The van der Waals surface area contributed by atoms with Crippen LogP contribution in [-0.2, 0) is 29.7 Å². The number of anilines is 1. The molecule has 0 bridgehead atoms. The van der Waals surface area contributed by atoms with Crippen LogP contribution < -0.4 is 25.1 Å². The largest absolute Gasteiger partial charge is 0.422 e. The Balaban J connectivity index is 1.79. The summed E-state index contributed by atoms with van der Waals surface area (Å²) in [5, 5.41) is 3.86. The lowest BCUT2D eigenvalue weighted by Gasteiger charge is -2.16. The standard InChI is InChI=1S/C28H28ClFN4O6S/c1-31-41(37,38)33-23-11-7-10-18(26(23)30)12-20-21(16-32-15-17-8-5-4-6-9-17)19-13-22(29)25(40-28(36)34(2)3)14-24(19)39-27(20)35/h4-11,13-14,31-33H,12,15-16H2,1-3H3. The molecule has 3 N–H and O–H groups in total. The van der Waals surface area contributed by atoms with Gasteiger partial charge in [0.15, 0.2) is 11.6 Å². The highest BCUT2D eigenvalue weighted by Crippen LogP contribution is 2.33. The number of nitrogens with one attached hydrogen (secondary N) is 3. The van der Waals surface area contributed by atoms with Gasteiger partial charge in [0.2, 0.25) is 0 Å². The van der Waals surface area contributed by atoms with Crippen molar-refractivity contribution in [1.82, 2.24) is 14.9 Å². The number of carbonyl (C=O) groups is 1. The highest BCUT2D eigenvalue weighted by atomic mass is 35.5. The van der Waals surface area contributed by atoms with Crippen molar-refractivity contribution in [3.8, 4) is 5.75 Å². The first kappa shape index (κ1) is 30.0. The normalized spacial score (nSPS) is 11.4. The van der Waals surface area contributed by atoms with Crippen LogP contribution in [0.4, 0.5) is 14.9 Å². The lowest BCUT2D eigenvalue weighted by molar-refractivity contribution is 0.172. The van der Waals surface area contributed by atoms with Crippen molar-refractivity contribution in [2.24, 2.45) is 0 Å². The van der Waals surface area contributed by atoms with Crippen LogP contribution in [0.25, 0.3) is 11.0 Å². The maximum absolute atomic E-state index is 15.4. The van der Waals surface area contributed by atoms with Crippen LogP contribution in [0.15, 0.2) is 69.9 Å². The van der Waals surface area contributed by atoms with Gasteiger partial charge in [-0.3, -0.25) is 4.72 Å². The summed E-state index contributed by atoms with van der Waals surface area (Å²) in [6.45, 7) is 0.664. The second-order valence-electron chi connectivity index (χ2n) is 9.24. The van der Waals surface area contributed by atoms with Gasteiger partial charge in [-0.1, -0.05) is 54.1 Å². The van der Waals surface area contributed by atoms with Gasteiger partial charge in [0.25, 0.3) is 10.2 Å². The van der Waals surface area contributed by atoms with E-state index in [-0.39, 0.29) is 46.1 Å². The highest BCUT2D eigenvalue weighted by molar-refractivity contribution is 7.90. The summed E-state index contributed by atoms with van der Waals surface area (Å²) in [6.07, 6.45) is -0.865. The summed E-state index contributed by atoms with van der Waals surface area (Å²) in [5.74, 6) is -0.828. The second-order valence-corrected chi connectivity index (χ2v) is 11.3. The van der Waals surface area contributed by atoms with E-state index in [1.54, 1.807) is 0 Å². The number of amides is 1. The monoisotopic (exact) mass is 602 g/mol. The summed E-state index contributed by atoms with van der Waals surface area (Å²) in [4.78, 5) is 26.6. The van der Waals surface area contributed by atoms with Gasteiger partial charge in [-0.2, -0.15) is 8.42 Å². The van der Waals surface area contributed by atoms with Crippen molar-refractivity contribution in [2.45, 2.75) is 19.5 Å². The van der Waals surface area contributed by atoms with Crippen molar-refractivity contribution in [1.29, 1.82) is 0 Å². The number of carbonyl (C=O) groups excluding carboxylic acids is 1. The number of hydrogen-bond donors (Lipinski definition) is 3. The van der Waals surface area contributed by atoms with E-state index >= 15 is 4.39 Å². The molecule has 1 amide bonds. The second kappa shape index (κ2) is 12.7. The van der Waals surface area contributed by atoms with E-state index in [0.717, 1.165) is 5.56 Å². The van der Waals surface area contributed by atoms with E-state index in [4.69, 9.17) is 20.8 Å². The first-order chi connectivity index (χ1) is 19.5. The number of benzene rings is 3. The molecule has 0 aliphatic rings. The minimum absolute atomic E-state index is 0.00697. The zero-order chi connectivity index (χ0) is 29.7. The maximum atomic E-state index is 15.4. The van der Waals surface area contributed by atoms with Crippen LogP contribution in [0.2, 0.25) is 5.02 Å². The fraction of sp³-hybridized carbons (Fsp3) is 0.214. The number of halogens is 2. The topological polar surface area (TPSA) is 130 Å². The molecule has 0 unspecified atom stereocenters. The molecule has 41 heavy (non-hydrogen) atoms. The Kier molecular flexibility index (Phi) is 9.28. The molecule has 216 valence electrons. The Morgan fingerprint density at radius 1 is 1.05 bits per heavy atom. The zero-order valence-corrected chi connectivity index (χ0v) is 24.0. The molecule has 3 aromatic carbocycles. The SMILES string of the molecule is CNS(=O)(=O)Nc1cccc(Cc2c(CNCc3ccccc3)c3cc(Cl)c(OC(=O)N(C)C)cc3oc2=O)c1F. The smallest absolute Gasteiger partial charge is 0.414 e. The van der Waals surface area contributed by atoms with Crippen LogP contribution in [-0.4, -0.2) is 40.6 Å². The number of hydrogen-bond acceptors (Lipinski definition) is 7. The summed E-state index contributed by atoms with van der Waals surface area (Å²) in [6, 6.07) is 16.7. The quantitative estimate of drug-likeness (QED) is 0.229. The van der Waals surface area contributed by atoms with Gasteiger partial charge in [0.1, 0.15) is 5.58 Å². The zero-order valence-electron chi connectivity index (χ0n) is 22.5. The summed E-state index contributed by atoms with van der Waals surface area (Å²) in [5.41, 5.74) is 0.841. The fourth-order valence-electron chi connectivity index (χ4n) is 4.06. The average Bonchev–Trinajstić information content (AvgIpc) is 2.93. The number of rotatable bonds is 10. The average molecular weight is 603 g/mol. The molecule has 0 spiro atoms. The van der Waals surface area contributed by atoms with Crippen molar-refractivity contribution in [2.75, 3.05) is 25.9 Å². The van der Waals surface area contributed by atoms with Crippen LogP contribution in [0, 0.1) is 5.82 Å². The summed E-state index contributed by atoms with van der Waals surface area (Å²) < 4.78 is 54.3. The van der Waals surface area contributed by atoms with E-state index in [9.17, 15) is 18.0 Å². The van der Waals surface area contributed by atoms with Gasteiger partial charge in [-0.05, 0) is 28.8 Å². The molecular formula is C28H28ClFN4O6S. The van der Waals surface area contributed by atoms with Crippen LogP contribution in [0.3, 0.4) is 0 Å². The molecule has 10 nitrogen and oxygen atoms in total. The summed E-state index contributed by atoms with van der Waals surface area (Å²) >= 11 is 6.46. The number of nitrogens with zero attached hydrogens (tertiary/aromatic N) is 1. The van der Waals surface area contributed by atoms with Crippen molar-refractivity contribution >= 4 is 44.6 Å². The molecule has 0 atom stereocenters. The van der Waals surface area contributed by atoms with Gasteiger partial charge in [-0.15, -0.1) is 0 Å². The van der Waals surface area contributed by atoms with E-state index < -0.39 is 27.7 Å². The van der Waals surface area contributed by atoms with E-state index in [1.165, 1.54) is 56.4 Å². The highest BCUT2D eigenvalue weighted by Gasteiger charge is 2.21. The van der Waals surface area contributed by atoms with Crippen LogP contribution >= 0.6 is 11.6 Å². The van der Waals surface area contributed by atoms with E-state index in [1.807, 2.05) is 30.3 Å². The molecule has 0 fully saturated rings. The predicted octanol–water partition coefficient (Wildman–Crippen LogP) is 4.40. The lowest BCUT2D eigenvalue weighted by Crippen LogP contribution is -2.27. The Labute approximate surface area is 241 Å². The van der Waals surface area contributed by atoms with Crippen molar-refractivity contribution in [3.05, 3.63) is 104 Å². The molecule has 0 aliphatic heterocycles. The van der Waals surface area contributed by atoms with Gasteiger partial charge in [0, 0.05) is 57.7 Å². The Morgan fingerprint density at radius 2 is 1.78 bits per heavy atom. The van der Waals surface area contributed by atoms with E-state index in [0.29, 0.717) is 17.5 Å². The van der Waals surface area contributed by atoms with Gasteiger partial charge in [-0.25, -0.2) is 18.7 Å². The third-order valence-electron chi connectivity index (χ3n) is 6.17. The van der Waals surface area contributed by atoms with Gasteiger partial charge >= 0.3 is 11.7 Å². The molecule has 1 heterocycles. The first-order valence-corrected chi connectivity index (χ1v) is 14.3. The first-order valence-electron chi connectivity index (χ1n) is 12.4. The van der Waals surface area contributed by atoms with Crippen LogP contribution in [0.1, 0.15) is 22.3 Å². The lowest BCUT2D eigenvalue weighted by atomic mass is 9.97. The van der Waals surface area contributed by atoms with Crippen molar-refractivity contribution < 1.29 is 26.8 Å². The maximum Gasteiger partial charge on any atom is 0.414 e. The Morgan fingerprint density at radius 3 is 2.46 bits per heavy atom. The molecule has 13 heteroatoms. The number of fused-ring (bicyclic) bond motifs is 1. The third kappa shape index (κ3) is 7.22. The molecule has 4 aromatic rings. The molecule has 0 saturated carbocycles. The van der Waals surface area contributed by atoms with Crippen LogP contribution in [0.5, 0.6) is 5.75 Å². The van der Waals surface area contributed by atoms with Gasteiger partial charge < -0.3 is 19.4 Å². The fourth-order valence-corrected chi connectivity index (χ4v) is 4.81. The third-order valence-corrected chi connectivity index (χ3v) is 7.49. The minimum Gasteiger partial charge on any atom is -0.422 e. The molecule has 4 rings (SSSR count). The van der Waals surface area contributed by atoms with Crippen molar-refractivity contribution in [3.63, 3.8) is 0 Å². The van der Waals surface area contributed by atoms with E-state index in [2.05, 4.69) is 14.8 Å². The molecule has 0 saturated heterocycles. The predicted molar refractivity (Wildman–Crippen MR) is 155 cm³/mol. The minimum atomic E-state index is -3.97.